The van der Waals surface area contributed by atoms with Crippen molar-refractivity contribution in [3.63, 3.8) is 0 Å². The topological polar surface area (TPSA) is 186 Å². The number of urea groups is 1. The highest BCUT2D eigenvalue weighted by molar-refractivity contribution is 7.17. The summed E-state index contributed by atoms with van der Waals surface area (Å²) < 4.78 is 7.34. The molecule has 48 heavy (non-hydrogen) atoms. The first-order valence-electron chi connectivity index (χ1n) is 16.0. The van der Waals surface area contributed by atoms with E-state index in [-0.39, 0.29) is 19.4 Å². The van der Waals surface area contributed by atoms with Gasteiger partial charge in [-0.1, -0.05) is 40.2 Å². The summed E-state index contributed by atoms with van der Waals surface area (Å²) >= 11 is 1.45. The molecule has 4 heterocycles. The average molecular weight is 680 g/mol. The van der Waals surface area contributed by atoms with Gasteiger partial charge in [-0.05, 0) is 56.2 Å². The van der Waals surface area contributed by atoms with Crippen molar-refractivity contribution in [2.45, 2.75) is 97.5 Å². The van der Waals surface area contributed by atoms with E-state index in [1.807, 2.05) is 78.1 Å². The molecular weight excluding hydrogens is 634 g/mol. The SMILES string of the molecule is CCC[C@H](NC(=O)[C@@H]1C[C@@H](Oc2cc(-c3ccccn3)nc3ccsc23)CN1C(=O)[C@@H](NC(=O)NC(C)(C)C)C(C)(C)C)C(=O)C(N)=O. The Morgan fingerprint density at radius 1 is 1.06 bits per heavy atom. The largest absolute Gasteiger partial charge is 0.487 e. The number of hydrogen-bond acceptors (Lipinski definition) is 9. The molecule has 0 aromatic carbocycles. The molecule has 0 saturated carbocycles. The van der Waals surface area contributed by atoms with E-state index in [0.717, 1.165) is 4.70 Å². The lowest BCUT2D eigenvalue weighted by Crippen LogP contribution is -2.61. The zero-order valence-electron chi connectivity index (χ0n) is 28.5. The van der Waals surface area contributed by atoms with E-state index in [0.29, 0.717) is 29.1 Å². The van der Waals surface area contributed by atoms with Crippen molar-refractivity contribution in [2.24, 2.45) is 11.1 Å². The molecule has 1 fully saturated rings. The van der Waals surface area contributed by atoms with Crippen LogP contribution < -0.4 is 26.4 Å². The fraction of sp³-hybridized carbons (Fsp3) is 0.500. The molecule has 13 nitrogen and oxygen atoms in total. The van der Waals surface area contributed by atoms with Crippen molar-refractivity contribution in [1.82, 2.24) is 30.8 Å². The summed E-state index contributed by atoms with van der Waals surface area (Å²) in [6.45, 7) is 12.8. The second-order valence-electron chi connectivity index (χ2n) is 14.1. The Labute approximate surface area is 284 Å². The lowest BCUT2D eigenvalue weighted by atomic mass is 9.85. The number of nitrogens with zero attached hydrogens (tertiary/aromatic N) is 3. The molecule has 258 valence electrons. The van der Waals surface area contributed by atoms with Crippen molar-refractivity contribution in [2.75, 3.05) is 6.54 Å². The molecular formula is C34H45N7O6S. The lowest BCUT2D eigenvalue weighted by molar-refractivity contribution is -0.143. The van der Waals surface area contributed by atoms with Crippen LogP contribution in [-0.2, 0) is 19.2 Å². The number of thiophene rings is 1. The minimum atomic E-state index is -1.16. The van der Waals surface area contributed by atoms with E-state index < -0.39 is 64.7 Å². The molecule has 0 unspecified atom stereocenters. The molecule has 4 atom stereocenters. The first-order chi connectivity index (χ1) is 22.5. The number of ketones is 1. The van der Waals surface area contributed by atoms with Crippen molar-refractivity contribution < 1.29 is 28.7 Å². The number of likely N-dealkylation sites (tertiary alicyclic amines) is 1. The Morgan fingerprint density at radius 3 is 2.40 bits per heavy atom. The molecule has 5 N–H and O–H groups in total. The number of carbonyl (C=O) groups is 5. The molecule has 14 heteroatoms. The van der Waals surface area contributed by atoms with Gasteiger partial charge in [-0.2, -0.15) is 0 Å². The van der Waals surface area contributed by atoms with Crippen molar-refractivity contribution in [3.05, 3.63) is 41.9 Å². The maximum atomic E-state index is 14.4. The van der Waals surface area contributed by atoms with E-state index in [2.05, 4.69) is 20.9 Å². The number of amides is 5. The summed E-state index contributed by atoms with van der Waals surface area (Å²) in [7, 11) is 0. The lowest BCUT2D eigenvalue weighted by Gasteiger charge is -2.36. The smallest absolute Gasteiger partial charge is 0.315 e. The number of nitrogens with one attached hydrogen (secondary N) is 3. The summed E-state index contributed by atoms with van der Waals surface area (Å²) in [4.78, 5) is 76.1. The third-order valence-electron chi connectivity index (χ3n) is 7.78. The summed E-state index contributed by atoms with van der Waals surface area (Å²) in [5.41, 5.74) is 5.94. The molecule has 0 aliphatic carbocycles. The molecule has 1 saturated heterocycles. The normalized spacial score (nSPS) is 17.8. The number of hydrogen-bond donors (Lipinski definition) is 4. The minimum Gasteiger partial charge on any atom is -0.487 e. The van der Waals surface area contributed by atoms with Crippen LogP contribution in [0.25, 0.3) is 21.6 Å². The Hall–Kier alpha value is -4.59. The predicted octanol–water partition coefficient (Wildman–Crippen LogP) is 3.56. The van der Waals surface area contributed by atoms with E-state index in [4.69, 9.17) is 15.5 Å². The zero-order chi connectivity index (χ0) is 35.4. The molecule has 5 amide bonds. The maximum absolute atomic E-state index is 14.4. The van der Waals surface area contributed by atoms with Gasteiger partial charge in [-0.15, -0.1) is 11.3 Å². The number of ether oxygens (including phenoxy) is 1. The van der Waals surface area contributed by atoms with Crippen molar-refractivity contribution in [3.8, 4) is 17.1 Å². The highest BCUT2D eigenvalue weighted by Crippen LogP contribution is 2.36. The molecule has 0 bridgehead atoms. The zero-order valence-corrected chi connectivity index (χ0v) is 29.3. The van der Waals surface area contributed by atoms with E-state index >= 15 is 0 Å². The fourth-order valence-corrected chi connectivity index (χ4v) is 6.32. The van der Waals surface area contributed by atoms with Gasteiger partial charge in [-0.3, -0.25) is 24.2 Å². The van der Waals surface area contributed by atoms with Crippen LogP contribution in [0.5, 0.6) is 5.75 Å². The van der Waals surface area contributed by atoms with Gasteiger partial charge in [0.25, 0.3) is 5.91 Å². The van der Waals surface area contributed by atoms with E-state index in [1.165, 1.54) is 16.2 Å². The van der Waals surface area contributed by atoms with Gasteiger partial charge in [-0.25, -0.2) is 9.78 Å². The van der Waals surface area contributed by atoms with Gasteiger partial charge in [0.15, 0.2) is 0 Å². The molecule has 3 aromatic heterocycles. The maximum Gasteiger partial charge on any atom is 0.315 e. The molecule has 4 rings (SSSR count). The number of pyridine rings is 2. The van der Waals surface area contributed by atoms with Gasteiger partial charge in [0.1, 0.15) is 23.9 Å². The highest BCUT2D eigenvalue weighted by atomic mass is 32.1. The third kappa shape index (κ3) is 8.85. The summed E-state index contributed by atoms with van der Waals surface area (Å²) in [6.07, 6.45) is 1.81. The van der Waals surface area contributed by atoms with Gasteiger partial charge >= 0.3 is 6.03 Å². The first kappa shape index (κ1) is 36.2. The van der Waals surface area contributed by atoms with E-state index in [9.17, 15) is 24.0 Å². The van der Waals surface area contributed by atoms with Gasteiger partial charge < -0.3 is 31.3 Å². The Balaban J connectivity index is 1.69. The number of Topliss-reactive ketones (excluding diaryl/α,β-unsaturated/α-hetero) is 1. The predicted molar refractivity (Wildman–Crippen MR) is 183 cm³/mol. The number of rotatable bonds is 11. The van der Waals surface area contributed by atoms with Gasteiger partial charge in [0.2, 0.25) is 17.6 Å². The van der Waals surface area contributed by atoms with Crippen LogP contribution in [0.3, 0.4) is 0 Å². The first-order valence-corrected chi connectivity index (χ1v) is 16.9. The number of aromatic nitrogens is 2. The van der Waals surface area contributed by atoms with Crippen LogP contribution in [0.4, 0.5) is 4.79 Å². The number of carbonyl (C=O) groups excluding carboxylic acids is 5. The average Bonchev–Trinajstić information content (AvgIpc) is 3.65. The molecule has 0 spiro atoms. The van der Waals surface area contributed by atoms with Crippen LogP contribution in [0.2, 0.25) is 0 Å². The van der Waals surface area contributed by atoms with Crippen LogP contribution in [0, 0.1) is 5.41 Å². The third-order valence-corrected chi connectivity index (χ3v) is 8.69. The molecule has 1 aliphatic rings. The van der Waals surface area contributed by atoms with Gasteiger partial charge in [0, 0.05) is 24.2 Å². The monoisotopic (exact) mass is 679 g/mol. The second kappa shape index (κ2) is 14.7. The number of primary amides is 1. The summed E-state index contributed by atoms with van der Waals surface area (Å²) in [5.74, 6) is -2.66. The Morgan fingerprint density at radius 2 is 1.79 bits per heavy atom. The van der Waals surface area contributed by atoms with Crippen LogP contribution in [-0.4, -0.2) is 80.7 Å². The second-order valence-corrected chi connectivity index (χ2v) is 15.0. The van der Waals surface area contributed by atoms with Crippen LogP contribution in [0.1, 0.15) is 67.7 Å². The molecule has 0 radical (unpaired) electrons. The number of fused-ring (bicyclic) bond motifs is 1. The van der Waals surface area contributed by atoms with Crippen molar-refractivity contribution >= 4 is 51.1 Å². The van der Waals surface area contributed by atoms with Gasteiger partial charge in [0.05, 0.1) is 34.2 Å². The summed E-state index contributed by atoms with van der Waals surface area (Å²) in [5, 5.41) is 10.2. The highest BCUT2D eigenvalue weighted by Gasteiger charge is 2.46. The number of nitrogens with two attached hydrogens (primary N) is 1. The Kier molecular flexibility index (Phi) is 11.1. The standard InChI is InChI=1S/C34H45N7O6S/c1-8-11-21(26(42)29(35)43)38-30(44)24-16-19(18-41(24)31(45)28(33(2,3)4)39-32(46)40-34(5,6)7)47-25-17-23(20-12-9-10-14-36-20)37-22-13-15-48-27(22)25/h9-10,12-15,17,19,21,24,28H,8,11,16,18H2,1-7H3,(H2,35,43)(H,38,44)(H2,39,40,46)/t19-,21+,24+,28-/m1/s1. The minimum absolute atomic E-state index is 0.0163. The quantitative estimate of drug-likeness (QED) is 0.222. The Bertz CT molecular complexity index is 1660. The van der Waals surface area contributed by atoms with E-state index in [1.54, 1.807) is 12.3 Å². The fourth-order valence-electron chi connectivity index (χ4n) is 5.53. The van der Waals surface area contributed by atoms with Crippen LogP contribution >= 0.6 is 11.3 Å². The summed E-state index contributed by atoms with van der Waals surface area (Å²) in [6, 6.07) is 5.43. The molecule has 1 aliphatic heterocycles. The molecule has 3 aromatic rings. The van der Waals surface area contributed by atoms with Crippen LogP contribution in [0.15, 0.2) is 41.9 Å². The van der Waals surface area contributed by atoms with Crippen molar-refractivity contribution in [1.29, 1.82) is 0 Å².